The van der Waals surface area contributed by atoms with Gasteiger partial charge in [-0.05, 0) is 77.0 Å². The number of rotatable bonds is 2. The first kappa shape index (κ1) is 15.8. The summed E-state index contributed by atoms with van der Waals surface area (Å²) in [6.45, 7) is 0. The Balaban J connectivity index is 1.90. The number of fused-ring (bicyclic) bond motifs is 5. The summed E-state index contributed by atoms with van der Waals surface area (Å²) in [7, 11) is 0.115. The van der Waals surface area contributed by atoms with Gasteiger partial charge in [0.2, 0.25) is 7.72 Å². The van der Waals surface area contributed by atoms with Gasteiger partial charge < -0.3 is 4.52 Å². The zero-order chi connectivity index (χ0) is 17.7. The lowest BCUT2D eigenvalue weighted by Crippen LogP contribution is -1.84. The zero-order valence-electron chi connectivity index (χ0n) is 13.9. The molecular formula is C22H16O2P2. The molecule has 0 aliphatic heterocycles. The van der Waals surface area contributed by atoms with Crippen molar-refractivity contribution in [2.75, 3.05) is 0 Å². The molecule has 0 bridgehead atoms. The second-order valence-corrected chi connectivity index (χ2v) is 8.71. The molecule has 0 amide bonds. The molecule has 4 heteroatoms. The van der Waals surface area contributed by atoms with Crippen LogP contribution in [0.15, 0.2) is 78.9 Å². The summed E-state index contributed by atoms with van der Waals surface area (Å²) >= 11 is 0. The van der Waals surface area contributed by atoms with Crippen LogP contribution in [0.5, 0.6) is 5.75 Å². The van der Waals surface area contributed by atoms with Gasteiger partial charge in [0.25, 0.3) is 0 Å². The Morgan fingerprint density at radius 2 is 1.19 bits per heavy atom. The summed E-state index contributed by atoms with van der Waals surface area (Å²) in [6.07, 6.45) is 0. The normalized spacial score (nSPS) is 12.8. The van der Waals surface area contributed by atoms with E-state index in [1.807, 2.05) is 12.1 Å². The third-order valence-corrected chi connectivity index (χ3v) is 5.65. The van der Waals surface area contributed by atoms with Gasteiger partial charge in [0.1, 0.15) is 5.75 Å². The van der Waals surface area contributed by atoms with Crippen LogP contribution in [0.3, 0.4) is 0 Å². The molecular weight excluding hydrogens is 358 g/mol. The molecule has 0 radical (unpaired) electrons. The molecule has 2 nitrogen and oxygen atoms in total. The zero-order valence-corrected chi connectivity index (χ0v) is 16.1. The minimum atomic E-state index is -2.13. The molecule has 26 heavy (non-hydrogen) atoms. The number of hydrogen-bond acceptors (Lipinski definition) is 2. The van der Waals surface area contributed by atoms with Crippen molar-refractivity contribution in [2.24, 2.45) is 0 Å². The lowest BCUT2D eigenvalue weighted by atomic mass is 9.96. The van der Waals surface area contributed by atoms with E-state index in [4.69, 9.17) is 4.52 Å². The van der Waals surface area contributed by atoms with Crippen molar-refractivity contribution in [3.8, 4) is 5.75 Å². The van der Waals surface area contributed by atoms with Gasteiger partial charge in [-0.2, -0.15) is 0 Å². The van der Waals surface area contributed by atoms with Gasteiger partial charge in [0, 0.05) is 5.39 Å². The summed E-state index contributed by atoms with van der Waals surface area (Å²) in [5, 5.41) is 9.35. The first-order valence-electron chi connectivity index (χ1n) is 8.44. The molecule has 2 unspecified atom stereocenters. The molecule has 0 N–H and O–H groups in total. The predicted molar refractivity (Wildman–Crippen MR) is 116 cm³/mol. The Hall–Kier alpha value is -2.40. The summed E-state index contributed by atoms with van der Waals surface area (Å²) in [6, 6.07) is 27.5. The fourth-order valence-electron chi connectivity index (χ4n) is 3.69. The monoisotopic (exact) mass is 374 g/mol. The molecule has 0 aliphatic rings. The molecule has 0 saturated heterocycles. The quantitative estimate of drug-likeness (QED) is 0.190. The van der Waals surface area contributed by atoms with E-state index >= 15 is 0 Å². The summed E-state index contributed by atoms with van der Waals surface area (Å²) in [5.74, 6) is 0.668. The van der Waals surface area contributed by atoms with E-state index in [-0.39, 0.29) is 0 Å². The predicted octanol–water partition coefficient (Wildman–Crippen LogP) is 6.94. The molecule has 5 aromatic rings. The Morgan fingerprint density at radius 1 is 0.615 bits per heavy atom. The summed E-state index contributed by atoms with van der Waals surface area (Å²) < 4.78 is 17.2. The minimum absolute atomic E-state index is 0.668. The maximum absolute atomic E-state index is 11.6. The lowest BCUT2D eigenvalue weighted by molar-refractivity contribution is 0.523. The van der Waals surface area contributed by atoms with E-state index in [0.29, 0.717) is 5.75 Å². The van der Waals surface area contributed by atoms with E-state index in [9.17, 15) is 4.57 Å². The van der Waals surface area contributed by atoms with Gasteiger partial charge in [-0.25, -0.2) is 0 Å². The molecule has 0 fully saturated rings. The van der Waals surface area contributed by atoms with Gasteiger partial charge in [0.15, 0.2) is 0 Å². The second-order valence-electron chi connectivity index (χ2n) is 6.46. The molecule has 0 heterocycles. The maximum Gasteiger partial charge on any atom is 0.249 e. The second kappa shape index (κ2) is 6.09. The molecule has 0 spiro atoms. The lowest BCUT2D eigenvalue weighted by Gasteiger charge is -2.11. The van der Waals surface area contributed by atoms with Crippen LogP contribution in [0.4, 0.5) is 0 Å². The first-order chi connectivity index (χ1) is 12.7. The Labute approximate surface area is 153 Å². The average molecular weight is 374 g/mol. The van der Waals surface area contributed by atoms with Gasteiger partial charge in [-0.15, -0.1) is 0 Å². The maximum atomic E-state index is 11.6. The van der Waals surface area contributed by atoms with Gasteiger partial charge in [-0.1, -0.05) is 48.5 Å². The van der Waals surface area contributed by atoms with Crippen molar-refractivity contribution in [1.29, 1.82) is 0 Å². The van der Waals surface area contributed by atoms with Crippen molar-refractivity contribution in [1.82, 2.24) is 0 Å². The topological polar surface area (TPSA) is 26.3 Å². The van der Waals surface area contributed by atoms with Crippen LogP contribution in [0.2, 0.25) is 0 Å². The smallest absolute Gasteiger partial charge is 0.249 e. The highest BCUT2D eigenvalue weighted by molar-refractivity contribution is 8.04. The van der Waals surface area contributed by atoms with Crippen LogP contribution < -0.4 is 4.52 Å². The van der Waals surface area contributed by atoms with E-state index in [1.54, 1.807) is 0 Å². The first-order valence-corrected chi connectivity index (χ1v) is 11.6. The van der Waals surface area contributed by atoms with Gasteiger partial charge >= 0.3 is 0 Å². The van der Waals surface area contributed by atoms with Crippen LogP contribution in [0.1, 0.15) is 0 Å². The highest BCUT2D eigenvalue weighted by Crippen LogP contribution is 2.40. The molecule has 0 aromatic heterocycles. The van der Waals surface area contributed by atoms with Crippen LogP contribution in [0.25, 0.3) is 43.1 Å². The van der Waals surface area contributed by atoms with E-state index in [0.717, 1.165) is 10.8 Å². The Morgan fingerprint density at radius 3 is 1.92 bits per heavy atom. The molecule has 5 aromatic carbocycles. The standard InChI is InChI=1S/C22H16O2P2/c23-26(25)24-22-7-3-6-16-11-18-9-8-17-10-14-4-1-2-5-15(14)12-19(17)20(18)13-21(16)22/h1-13,26H,25H2. The van der Waals surface area contributed by atoms with Crippen LogP contribution in [0, 0.1) is 0 Å². The SMILES string of the molecule is O=[PH](P)Oc1cccc2cc3ccc4cc5ccccc5cc4c3cc12. The number of hydrogen-bond donors (Lipinski definition) is 0. The number of benzene rings is 5. The minimum Gasteiger partial charge on any atom is -0.442 e. The Bertz CT molecular complexity index is 1340. The molecule has 5 rings (SSSR count). The van der Waals surface area contributed by atoms with Crippen molar-refractivity contribution >= 4 is 59.7 Å². The molecule has 126 valence electrons. The fourth-order valence-corrected chi connectivity index (χ4v) is 4.47. The molecule has 2 atom stereocenters. The highest BCUT2D eigenvalue weighted by Gasteiger charge is 2.08. The summed E-state index contributed by atoms with van der Waals surface area (Å²) in [5.41, 5.74) is 0. The van der Waals surface area contributed by atoms with Crippen molar-refractivity contribution < 1.29 is 9.09 Å². The van der Waals surface area contributed by atoms with Crippen LogP contribution >= 0.6 is 16.6 Å². The van der Waals surface area contributed by atoms with Crippen LogP contribution in [-0.4, -0.2) is 0 Å². The van der Waals surface area contributed by atoms with E-state index in [1.165, 1.54) is 32.3 Å². The van der Waals surface area contributed by atoms with E-state index in [2.05, 4.69) is 75.7 Å². The highest BCUT2D eigenvalue weighted by atomic mass is 32.0. The largest absolute Gasteiger partial charge is 0.442 e. The average Bonchev–Trinajstić information content (AvgIpc) is 2.65. The fraction of sp³-hybridized carbons (Fsp3) is 0. The molecule has 0 aliphatic carbocycles. The summed E-state index contributed by atoms with van der Waals surface area (Å²) in [4.78, 5) is 0. The van der Waals surface area contributed by atoms with Gasteiger partial charge in [0.05, 0.1) is 0 Å². The van der Waals surface area contributed by atoms with Crippen molar-refractivity contribution in [3.05, 3.63) is 78.9 Å². The van der Waals surface area contributed by atoms with Crippen molar-refractivity contribution in [3.63, 3.8) is 0 Å². The Kier molecular flexibility index (Phi) is 3.71. The van der Waals surface area contributed by atoms with E-state index < -0.39 is 7.72 Å². The third-order valence-electron chi connectivity index (χ3n) is 4.87. The third kappa shape index (κ3) is 2.58. The van der Waals surface area contributed by atoms with Crippen molar-refractivity contribution in [2.45, 2.75) is 0 Å². The van der Waals surface area contributed by atoms with Crippen LogP contribution in [-0.2, 0) is 4.57 Å². The molecule has 0 saturated carbocycles. The van der Waals surface area contributed by atoms with Gasteiger partial charge in [-0.3, -0.25) is 4.57 Å².